The van der Waals surface area contributed by atoms with Gasteiger partial charge in [-0.3, -0.25) is 4.79 Å². The molecule has 0 aliphatic heterocycles. The second kappa shape index (κ2) is 3.63. The van der Waals surface area contributed by atoms with Gasteiger partial charge in [-0.15, -0.1) is 0 Å². The Bertz CT molecular complexity index is 557. The summed E-state index contributed by atoms with van der Waals surface area (Å²) in [5, 5.41) is 10.2. The van der Waals surface area contributed by atoms with Gasteiger partial charge in [-0.1, -0.05) is 12.1 Å². The number of carboxylic acids is 1. The van der Waals surface area contributed by atoms with E-state index in [9.17, 15) is 9.90 Å². The maximum atomic E-state index is 11.2. The van der Waals surface area contributed by atoms with Crippen LogP contribution in [0.4, 0.5) is 0 Å². The normalized spacial score (nSPS) is 11.9. The number of hydrogen-bond donors (Lipinski definition) is 2. The fraction of sp³-hybridized carbons (Fsp3) is 0.250. The van der Waals surface area contributed by atoms with Gasteiger partial charge >= 0.3 is 5.97 Å². The molecule has 1 aromatic heterocycles. The molecule has 0 aliphatic carbocycles. The van der Waals surface area contributed by atoms with Crippen molar-refractivity contribution in [3.63, 3.8) is 0 Å². The van der Waals surface area contributed by atoms with E-state index in [0.717, 1.165) is 20.9 Å². The zero-order chi connectivity index (χ0) is 11.9. The molecular weight excluding hydrogens is 270 g/mol. The highest BCUT2D eigenvalue weighted by Crippen LogP contribution is 2.33. The number of rotatable bonds is 2. The topological polar surface area (TPSA) is 53.1 Å². The van der Waals surface area contributed by atoms with Crippen molar-refractivity contribution in [2.45, 2.75) is 19.3 Å². The predicted molar refractivity (Wildman–Crippen MR) is 66.7 cm³/mol. The molecule has 84 valence electrons. The molecule has 4 heteroatoms. The lowest BCUT2D eigenvalue weighted by Gasteiger charge is -2.18. The van der Waals surface area contributed by atoms with Gasteiger partial charge in [0.15, 0.2) is 0 Å². The first-order chi connectivity index (χ1) is 7.44. The van der Waals surface area contributed by atoms with Gasteiger partial charge in [-0.25, -0.2) is 0 Å². The number of aromatic amines is 1. The van der Waals surface area contributed by atoms with Gasteiger partial charge in [0.2, 0.25) is 0 Å². The van der Waals surface area contributed by atoms with Crippen molar-refractivity contribution in [1.82, 2.24) is 4.98 Å². The summed E-state index contributed by atoms with van der Waals surface area (Å²) in [7, 11) is 0. The zero-order valence-corrected chi connectivity index (χ0v) is 10.6. The molecule has 0 spiro atoms. The molecule has 1 heterocycles. The van der Waals surface area contributed by atoms with Crippen LogP contribution in [0.5, 0.6) is 0 Å². The van der Waals surface area contributed by atoms with Gasteiger partial charge in [0.25, 0.3) is 0 Å². The Hall–Kier alpha value is -1.29. The van der Waals surface area contributed by atoms with Crippen LogP contribution >= 0.6 is 15.9 Å². The number of para-hydroxylation sites is 1. The molecule has 0 aliphatic rings. The van der Waals surface area contributed by atoms with Crippen LogP contribution in [0.1, 0.15) is 19.4 Å². The molecule has 0 fully saturated rings. The highest BCUT2D eigenvalue weighted by Gasteiger charge is 2.31. The second-order valence-corrected chi connectivity index (χ2v) is 5.15. The number of nitrogens with one attached hydrogen (secondary N) is 1. The SMILES string of the molecule is CC(C)(C(=O)O)c1c[nH]c2c(Br)cccc12. The van der Waals surface area contributed by atoms with Crippen LogP contribution in [-0.4, -0.2) is 16.1 Å². The third-order valence-electron chi connectivity index (χ3n) is 2.87. The van der Waals surface area contributed by atoms with Crippen molar-refractivity contribution in [2.75, 3.05) is 0 Å². The zero-order valence-electron chi connectivity index (χ0n) is 9.04. The number of benzene rings is 1. The number of carbonyl (C=O) groups is 1. The Kier molecular flexibility index (Phi) is 2.54. The molecule has 0 unspecified atom stereocenters. The lowest BCUT2D eigenvalue weighted by molar-refractivity contribution is -0.142. The molecule has 0 saturated heterocycles. The molecule has 1 aromatic carbocycles. The third kappa shape index (κ3) is 1.53. The van der Waals surface area contributed by atoms with Gasteiger partial charge in [-0.2, -0.15) is 0 Å². The van der Waals surface area contributed by atoms with Crippen molar-refractivity contribution in [1.29, 1.82) is 0 Å². The van der Waals surface area contributed by atoms with E-state index in [-0.39, 0.29) is 0 Å². The van der Waals surface area contributed by atoms with Crippen molar-refractivity contribution < 1.29 is 9.90 Å². The van der Waals surface area contributed by atoms with E-state index >= 15 is 0 Å². The number of carboxylic acid groups (broad SMARTS) is 1. The lowest BCUT2D eigenvalue weighted by atomic mass is 9.85. The largest absolute Gasteiger partial charge is 0.481 e. The lowest BCUT2D eigenvalue weighted by Crippen LogP contribution is -2.28. The van der Waals surface area contributed by atoms with Crippen LogP contribution in [0.25, 0.3) is 10.9 Å². The fourth-order valence-corrected chi connectivity index (χ4v) is 2.23. The Morgan fingerprint density at radius 3 is 2.75 bits per heavy atom. The summed E-state index contributed by atoms with van der Waals surface area (Å²) in [4.78, 5) is 14.3. The van der Waals surface area contributed by atoms with Gasteiger partial charge < -0.3 is 10.1 Å². The summed E-state index contributed by atoms with van der Waals surface area (Å²) in [6.07, 6.45) is 1.77. The third-order valence-corrected chi connectivity index (χ3v) is 3.53. The van der Waals surface area contributed by atoms with Crippen molar-refractivity contribution in [3.05, 3.63) is 34.4 Å². The van der Waals surface area contributed by atoms with Gasteiger partial charge in [0.1, 0.15) is 0 Å². The Labute approximate surface area is 102 Å². The summed E-state index contributed by atoms with van der Waals surface area (Å²) >= 11 is 3.44. The van der Waals surface area contributed by atoms with Gasteiger partial charge in [-0.05, 0) is 41.4 Å². The summed E-state index contributed by atoms with van der Waals surface area (Å²) in [6, 6.07) is 5.76. The standard InChI is InChI=1S/C12H12BrNO2/c1-12(2,11(15)16)8-6-14-10-7(8)4-3-5-9(10)13/h3-6,14H,1-2H3,(H,15,16). The average Bonchev–Trinajstić information content (AvgIpc) is 2.63. The number of halogens is 1. The molecule has 2 N–H and O–H groups in total. The highest BCUT2D eigenvalue weighted by atomic mass is 79.9. The molecule has 2 aromatic rings. The maximum Gasteiger partial charge on any atom is 0.313 e. The smallest absolute Gasteiger partial charge is 0.313 e. The van der Waals surface area contributed by atoms with E-state index in [2.05, 4.69) is 20.9 Å². The van der Waals surface area contributed by atoms with Crippen LogP contribution in [0, 0.1) is 0 Å². The van der Waals surface area contributed by atoms with Gasteiger partial charge in [0.05, 0.1) is 10.9 Å². The Morgan fingerprint density at radius 2 is 2.12 bits per heavy atom. The first-order valence-electron chi connectivity index (χ1n) is 4.94. The van der Waals surface area contributed by atoms with E-state index in [4.69, 9.17) is 0 Å². The van der Waals surface area contributed by atoms with E-state index in [1.165, 1.54) is 0 Å². The van der Waals surface area contributed by atoms with Crippen LogP contribution < -0.4 is 0 Å². The molecule has 2 rings (SSSR count). The fourth-order valence-electron chi connectivity index (χ4n) is 1.75. The first-order valence-corrected chi connectivity index (χ1v) is 5.73. The first kappa shape index (κ1) is 11.2. The average molecular weight is 282 g/mol. The van der Waals surface area contributed by atoms with Crippen LogP contribution in [0.2, 0.25) is 0 Å². The number of fused-ring (bicyclic) bond motifs is 1. The van der Waals surface area contributed by atoms with E-state index in [0.29, 0.717) is 0 Å². The molecule has 3 nitrogen and oxygen atoms in total. The van der Waals surface area contributed by atoms with E-state index < -0.39 is 11.4 Å². The van der Waals surface area contributed by atoms with Gasteiger partial charge in [0, 0.05) is 16.1 Å². The molecule has 16 heavy (non-hydrogen) atoms. The minimum atomic E-state index is -0.890. The Morgan fingerprint density at radius 1 is 1.44 bits per heavy atom. The number of H-pyrrole nitrogens is 1. The molecular formula is C12H12BrNO2. The summed E-state index contributed by atoms with van der Waals surface area (Å²) < 4.78 is 0.942. The number of aliphatic carboxylic acids is 1. The van der Waals surface area contributed by atoms with E-state index in [1.807, 2.05) is 18.2 Å². The number of hydrogen-bond acceptors (Lipinski definition) is 1. The molecule has 0 radical (unpaired) electrons. The monoisotopic (exact) mass is 281 g/mol. The molecule has 0 amide bonds. The van der Waals surface area contributed by atoms with Crippen molar-refractivity contribution in [2.24, 2.45) is 0 Å². The Balaban J connectivity index is 2.72. The minimum absolute atomic E-state index is 0.802. The molecule has 0 saturated carbocycles. The van der Waals surface area contributed by atoms with Crippen LogP contribution in [0.15, 0.2) is 28.9 Å². The predicted octanol–water partition coefficient (Wildman–Crippen LogP) is 3.29. The quantitative estimate of drug-likeness (QED) is 0.888. The van der Waals surface area contributed by atoms with Crippen molar-refractivity contribution in [3.8, 4) is 0 Å². The summed E-state index contributed by atoms with van der Waals surface area (Å²) in [6.45, 7) is 3.41. The maximum absolute atomic E-state index is 11.2. The molecule has 0 bridgehead atoms. The van der Waals surface area contributed by atoms with Crippen LogP contribution in [0.3, 0.4) is 0 Å². The number of aromatic nitrogens is 1. The summed E-state index contributed by atoms with van der Waals surface area (Å²) in [5.74, 6) is -0.826. The summed E-state index contributed by atoms with van der Waals surface area (Å²) in [5.41, 5.74) is 0.849. The molecule has 0 atom stereocenters. The minimum Gasteiger partial charge on any atom is -0.481 e. The van der Waals surface area contributed by atoms with Crippen molar-refractivity contribution >= 4 is 32.8 Å². The highest BCUT2D eigenvalue weighted by molar-refractivity contribution is 9.10. The second-order valence-electron chi connectivity index (χ2n) is 4.29. The van der Waals surface area contributed by atoms with E-state index in [1.54, 1.807) is 20.0 Å². The van der Waals surface area contributed by atoms with Crippen LogP contribution in [-0.2, 0) is 10.2 Å².